The van der Waals surface area contributed by atoms with Gasteiger partial charge in [-0.2, -0.15) is 0 Å². The van der Waals surface area contributed by atoms with Gasteiger partial charge in [-0.1, -0.05) is 18.2 Å². The van der Waals surface area contributed by atoms with Gasteiger partial charge < -0.3 is 19.5 Å². The van der Waals surface area contributed by atoms with E-state index in [-0.39, 0.29) is 11.9 Å². The zero-order valence-electron chi connectivity index (χ0n) is 16.3. The fourth-order valence-corrected chi connectivity index (χ4v) is 2.61. The third kappa shape index (κ3) is 4.69. The van der Waals surface area contributed by atoms with Crippen LogP contribution in [-0.2, 0) is 4.79 Å². The fraction of sp³-hybridized carbons (Fsp3) is 0.381. The topological polar surface area (TPSA) is 56.8 Å². The number of aryl methyl sites for hydroxylation is 2. The van der Waals surface area contributed by atoms with E-state index in [1.165, 1.54) is 0 Å². The molecule has 0 heterocycles. The van der Waals surface area contributed by atoms with Crippen LogP contribution in [0.2, 0.25) is 0 Å². The van der Waals surface area contributed by atoms with Crippen LogP contribution in [-0.4, -0.2) is 26.2 Å². The summed E-state index contributed by atoms with van der Waals surface area (Å²) in [5.74, 6) is 1.84. The predicted molar refractivity (Wildman–Crippen MR) is 102 cm³/mol. The Morgan fingerprint density at radius 2 is 1.62 bits per heavy atom. The Morgan fingerprint density at radius 1 is 0.923 bits per heavy atom. The molecule has 2 rings (SSSR count). The summed E-state index contributed by atoms with van der Waals surface area (Å²) in [5, 5.41) is 2.98. The number of benzene rings is 2. The van der Waals surface area contributed by atoms with Gasteiger partial charge in [-0.25, -0.2) is 0 Å². The van der Waals surface area contributed by atoms with Crippen molar-refractivity contribution in [2.45, 2.75) is 39.8 Å². The third-order valence-corrected chi connectivity index (χ3v) is 4.28. The Morgan fingerprint density at radius 3 is 2.27 bits per heavy atom. The van der Waals surface area contributed by atoms with E-state index in [2.05, 4.69) is 5.32 Å². The molecule has 0 bridgehead atoms. The minimum Gasteiger partial charge on any atom is -0.493 e. The molecule has 2 aromatic rings. The number of hydrogen-bond acceptors (Lipinski definition) is 4. The second-order valence-electron chi connectivity index (χ2n) is 6.37. The zero-order valence-corrected chi connectivity index (χ0v) is 16.3. The van der Waals surface area contributed by atoms with Crippen molar-refractivity contribution in [3.8, 4) is 17.2 Å². The lowest BCUT2D eigenvalue weighted by molar-refractivity contribution is -0.127. The first kappa shape index (κ1) is 19.6. The van der Waals surface area contributed by atoms with Crippen LogP contribution in [0.5, 0.6) is 17.2 Å². The van der Waals surface area contributed by atoms with E-state index in [9.17, 15) is 4.79 Å². The van der Waals surface area contributed by atoms with Gasteiger partial charge in [0.2, 0.25) is 0 Å². The van der Waals surface area contributed by atoms with Crippen molar-refractivity contribution < 1.29 is 19.0 Å². The van der Waals surface area contributed by atoms with Crippen molar-refractivity contribution in [2.75, 3.05) is 14.2 Å². The molecule has 140 valence electrons. The minimum atomic E-state index is -0.599. The molecule has 5 heteroatoms. The average molecular weight is 357 g/mol. The lowest BCUT2D eigenvalue weighted by Crippen LogP contribution is -2.37. The molecule has 0 aliphatic rings. The Labute approximate surface area is 155 Å². The Hall–Kier alpha value is -2.69. The summed E-state index contributed by atoms with van der Waals surface area (Å²) in [4.78, 5) is 12.5. The summed E-state index contributed by atoms with van der Waals surface area (Å²) in [5.41, 5.74) is 3.02. The summed E-state index contributed by atoms with van der Waals surface area (Å²) in [6.45, 7) is 7.63. The normalized spacial score (nSPS) is 12.8. The molecule has 2 atom stereocenters. The first-order valence-electron chi connectivity index (χ1n) is 8.62. The monoisotopic (exact) mass is 357 g/mol. The van der Waals surface area contributed by atoms with Gasteiger partial charge in [0.1, 0.15) is 5.75 Å². The van der Waals surface area contributed by atoms with E-state index in [4.69, 9.17) is 14.2 Å². The van der Waals surface area contributed by atoms with Crippen LogP contribution in [0.3, 0.4) is 0 Å². The number of hydrogen-bond donors (Lipinski definition) is 1. The maximum absolute atomic E-state index is 12.5. The van der Waals surface area contributed by atoms with Crippen molar-refractivity contribution in [2.24, 2.45) is 0 Å². The molecular formula is C21H27NO4. The second-order valence-corrected chi connectivity index (χ2v) is 6.37. The number of ether oxygens (including phenoxy) is 3. The quantitative estimate of drug-likeness (QED) is 0.815. The summed E-state index contributed by atoms with van der Waals surface area (Å²) in [7, 11) is 3.18. The largest absolute Gasteiger partial charge is 0.493 e. The number of rotatable bonds is 7. The van der Waals surface area contributed by atoms with Gasteiger partial charge in [0, 0.05) is 0 Å². The number of amides is 1. The summed E-state index contributed by atoms with van der Waals surface area (Å²) >= 11 is 0. The van der Waals surface area contributed by atoms with Crippen LogP contribution in [0.1, 0.15) is 36.6 Å². The smallest absolute Gasteiger partial charge is 0.261 e. The average Bonchev–Trinajstić information content (AvgIpc) is 2.63. The van der Waals surface area contributed by atoms with E-state index >= 15 is 0 Å². The first-order valence-corrected chi connectivity index (χ1v) is 8.62. The van der Waals surface area contributed by atoms with Crippen LogP contribution >= 0.6 is 0 Å². The highest BCUT2D eigenvalue weighted by Crippen LogP contribution is 2.30. The molecule has 0 spiro atoms. The van der Waals surface area contributed by atoms with Gasteiger partial charge >= 0.3 is 0 Å². The van der Waals surface area contributed by atoms with Crippen LogP contribution in [0.25, 0.3) is 0 Å². The number of nitrogens with one attached hydrogen (secondary N) is 1. The van der Waals surface area contributed by atoms with Gasteiger partial charge in [-0.15, -0.1) is 0 Å². The minimum absolute atomic E-state index is 0.173. The van der Waals surface area contributed by atoms with Crippen molar-refractivity contribution in [1.82, 2.24) is 5.32 Å². The molecular weight excluding hydrogens is 330 g/mol. The second kappa shape index (κ2) is 8.61. The Balaban J connectivity index is 2.05. The van der Waals surface area contributed by atoms with Crippen LogP contribution in [0.15, 0.2) is 36.4 Å². The maximum atomic E-state index is 12.5. The van der Waals surface area contributed by atoms with E-state index in [1.807, 2.05) is 57.2 Å². The highest BCUT2D eigenvalue weighted by molar-refractivity contribution is 5.81. The van der Waals surface area contributed by atoms with Gasteiger partial charge in [0.25, 0.3) is 5.91 Å². The molecule has 0 fully saturated rings. The van der Waals surface area contributed by atoms with E-state index in [1.54, 1.807) is 21.1 Å². The predicted octanol–water partition coefficient (Wildman–Crippen LogP) is 3.97. The molecule has 0 aliphatic carbocycles. The van der Waals surface area contributed by atoms with Gasteiger partial charge in [0.15, 0.2) is 17.6 Å². The zero-order chi connectivity index (χ0) is 19.3. The lowest BCUT2D eigenvalue weighted by Gasteiger charge is -2.20. The maximum Gasteiger partial charge on any atom is 0.261 e. The summed E-state index contributed by atoms with van der Waals surface area (Å²) in [6.07, 6.45) is -0.599. The molecule has 26 heavy (non-hydrogen) atoms. The molecule has 2 aromatic carbocycles. The molecule has 0 aliphatic heterocycles. The standard InChI is InChI=1S/C21H27NO4/c1-13-7-8-14(2)19(11-13)26-16(4)21(23)22-15(3)17-9-10-18(24-5)20(12-17)25-6/h7-12,15-16H,1-6H3,(H,22,23)/t15-,16+/m0/s1. The van der Waals surface area contributed by atoms with Crippen molar-refractivity contribution in [3.05, 3.63) is 53.1 Å². The molecule has 0 saturated carbocycles. The van der Waals surface area contributed by atoms with Gasteiger partial charge in [0.05, 0.1) is 20.3 Å². The van der Waals surface area contributed by atoms with Crippen molar-refractivity contribution in [1.29, 1.82) is 0 Å². The van der Waals surface area contributed by atoms with Crippen molar-refractivity contribution >= 4 is 5.91 Å². The summed E-state index contributed by atoms with van der Waals surface area (Å²) < 4.78 is 16.4. The molecule has 1 N–H and O–H groups in total. The molecule has 0 unspecified atom stereocenters. The van der Waals surface area contributed by atoms with E-state index < -0.39 is 6.10 Å². The van der Waals surface area contributed by atoms with Gasteiger partial charge in [-0.05, 0) is 62.6 Å². The fourth-order valence-electron chi connectivity index (χ4n) is 2.61. The molecule has 5 nitrogen and oxygen atoms in total. The highest BCUT2D eigenvalue weighted by atomic mass is 16.5. The summed E-state index contributed by atoms with van der Waals surface area (Å²) in [6, 6.07) is 11.4. The van der Waals surface area contributed by atoms with E-state index in [0.717, 1.165) is 22.4 Å². The SMILES string of the molecule is COc1ccc([C@H](C)NC(=O)[C@@H](C)Oc2cc(C)ccc2C)cc1OC. The molecule has 0 radical (unpaired) electrons. The van der Waals surface area contributed by atoms with Crippen LogP contribution in [0.4, 0.5) is 0 Å². The van der Waals surface area contributed by atoms with Crippen LogP contribution in [0, 0.1) is 13.8 Å². The van der Waals surface area contributed by atoms with E-state index in [0.29, 0.717) is 11.5 Å². The number of carbonyl (C=O) groups is 1. The van der Waals surface area contributed by atoms with Crippen LogP contribution < -0.4 is 19.5 Å². The Bertz CT molecular complexity index is 773. The third-order valence-electron chi connectivity index (χ3n) is 4.28. The number of methoxy groups -OCH3 is 2. The molecule has 1 amide bonds. The lowest BCUT2D eigenvalue weighted by atomic mass is 10.1. The first-order chi connectivity index (χ1) is 12.3. The Kier molecular flexibility index (Phi) is 6.50. The van der Waals surface area contributed by atoms with Crippen molar-refractivity contribution in [3.63, 3.8) is 0 Å². The molecule has 0 saturated heterocycles. The van der Waals surface area contributed by atoms with Gasteiger partial charge in [-0.3, -0.25) is 4.79 Å². The molecule has 0 aromatic heterocycles. The highest BCUT2D eigenvalue weighted by Gasteiger charge is 2.19. The number of carbonyl (C=O) groups excluding carboxylic acids is 1.